The van der Waals surface area contributed by atoms with E-state index in [1.54, 1.807) is 19.1 Å². The van der Waals surface area contributed by atoms with Gasteiger partial charge in [0.15, 0.2) is 6.10 Å². The van der Waals surface area contributed by atoms with E-state index in [1.165, 1.54) is 14.2 Å². The molecule has 5 nitrogen and oxygen atoms in total. The largest absolute Gasteiger partial charge is 0.495 e. The minimum atomic E-state index is -0.720. The smallest absolute Gasteiger partial charge is 0.265 e. The van der Waals surface area contributed by atoms with E-state index in [0.717, 1.165) is 10.8 Å². The summed E-state index contributed by atoms with van der Waals surface area (Å²) in [7, 11) is 3.01. The van der Waals surface area contributed by atoms with Crippen molar-refractivity contribution in [2.75, 3.05) is 19.5 Å². The van der Waals surface area contributed by atoms with Gasteiger partial charge in [0.2, 0.25) is 0 Å². The summed E-state index contributed by atoms with van der Waals surface area (Å²) in [5.41, 5.74) is 0.456. The van der Waals surface area contributed by atoms with Crippen LogP contribution in [-0.4, -0.2) is 26.2 Å². The number of nitrogens with one attached hydrogen (secondary N) is 1. The number of carbonyl (C=O) groups excluding carboxylic acids is 1. The van der Waals surface area contributed by atoms with Crippen molar-refractivity contribution < 1.29 is 19.0 Å². The first kappa shape index (κ1) is 18.9. The van der Waals surface area contributed by atoms with Gasteiger partial charge in [-0.2, -0.15) is 0 Å². The van der Waals surface area contributed by atoms with Crippen LogP contribution < -0.4 is 19.5 Å². The summed E-state index contributed by atoms with van der Waals surface area (Å²) in [4.78, 5) is 12.6. The van der Waals surface area contributed by atoms with Crippen molar-refractivity contribution in [3.05, 3.63) is 59.6 Å². The number of fused-ring (bicyclic) bond motifs is 1. The lowest BCUT2D eigenvalue weighted by Crippen LogP contribution is -2.30. The second kappa shape index (κ2) is 8.18. The van der Waals surface area contributed by atoms with Crippen molar-refractivity contribution in [1.29, 1.82) is 0 Å². The predicted molar refractivity (Wildman–Crippen MR) is 107 cm³/mol. The van der Waals surface area contributed by atoms with Crippen molar-refractivity contribution in [3.8, 4) is 17.2 Å². The summed E-state index contributed by atoms with van der Waals surface area (Å²) in [6.45, 7) is 1.69. The van der Waals surface area contributed by atoms with Crippen molar-refractivity contribution >= 4 is 34.0 Å². The highest BCUT2D eigenvalue weighted by atomic mass is 35.5. The second-order valence-corrected chi connectivity index (χ2v) is 6.32. The van der Waals surface area contributed by atoms with E-state index in [0.29, 0.717) is 28.0 Å². The van der Waals surface area contributed by atoms with Crippen LogP contribution in [0.4, 0.5) is 5.69 Å². The molecule has 0 aliphatic carbocycles. The average molecular weight is 386 g/mol. The quantitative estimate of drug-likeness (QED) is 0.654. The van der Waals surface area contributed by atoms with E-state index in [9.17, 15) is 4.79 Å². The molecule has 0 aliphatic heterocycles. The molecule has 0 saturated carbocycles. The highest BCUT2D eigenvalue weighted by Gasteiger charge is 2.19. The summed E-state index contributed by atoms with van der Waals surface area (Å²) < 4.78 is 16.4. The molecule has 0 aliphatic rings. The summed E-state index contributed by atoms with van der Waals surface area (Å²) in [6.07, 6.45) is -0.720. The van der Waals surface area contributed by atoms with Gasteiger partial charge in [-0.05, 0) is 18.4 Å². The zero-order valence-corrected chi connectivity index (χ0v) is 16.0. The average Bonchev–Trinajstić information content (AvgIpc) is 2.69. The van der Waals surface area contributed by atoms with E-state index in [1.807, 2.05) is 42.5 Å². The number of rotatable bonds is 6. The molecule has 1 N–H and O–H groups in total. The van der Waals surface area contributed by atoms with Gasteiger partial charge in [-0.1, -0.05) is 48.0 Å². The van der Waals surface area contributed by atoms with Crippen molar-refractivity contribution in [1.82, 2.24) is 0 Å². The van der Waals surface area contributed by atoms with Crippen molar-refractivity contribution in [2.45, 2.75) is 13.0 Å². The number of hydrogen-bond acceptors (Lipinski definition) is 4. The molecule has 3 aromatic rings. The molecule has 140 valence electrons. The first-order valence-electron chi connectivity index (χ1n) is 8.40. The van der Waals surface area contributed by atoms with Crippen LogP contribution in [0.3, 0.4) is 0 Å². The molecule has 0 aromatic heterocycles. The lowest BCUT2D eigenvalue weighted by atomic mass is 10.1. The zero-order chi connectivity index (χ0) is 19.4. The summed E-state index contributed by atoms with van der Waals surface area (Å²) in [5, 5.41) is 5.20. The standard InChI is InChI=1S/C21H20ClNO4/c1-13(27-18-10-6-8-14-7-4-5-9-15(14)18)21(24)23-17-12-19(25-2)16(22)11-20(17)26-3/h4-13H,1-3H3,(H,23,24)/t13-/m0/s1. The molecule has 0 fully saturated rings. The normalized spacial score (nSPS) is 11.7. The molecule has 0 saturated heterocycles. The maximum absolute atomic E-state index is 12.6. The van der Waals surface area contributed by atoms with Crippen LogP contribution in [0.1, 0.15) is 6.92 Å². The fraction of sp³-hybridized carbons (Fsp3) is 0.190. The summed E-state index contributed by atoms with van der Waals surface area (Å²) >= 11 is 6.10. The lowest BCUT2D eigenvalue weighted by molar-refractivity contribution is -0.122. The number of halogens is 1. The Morgan fingerprint density at radius 1 is 0.963 bits per heavy atom. The minimum absolute atomic E-state index is 0.314. The van der Waals surface area contributed by atoms with Crippen LogP contribution >= 0.6 is 11.6 Å². The molecule has 0 unspecified atom stereocenters. The second-order valence-electron chi connectivity index (χ2n) is 5.91. The molecule has 0 bridgehead atoms. The van der Waals surface area contributed by atoms with Gasteiger partial charge < -0.3 is 19.5 Å². The highest BCUT2D eigenvalue weighted by molar-refractivity contribution is 6.32. The molecule has 3 rings (SSSR count). The lowest BCUT2D eigenvalue weighted by Gasteiger charge is -2.18. The molecule has 1 amide bonds. The van der Waals surface area contributed by atoms with Gasteiger partial charge in [-0.3, -0.25) is 4.79 Å². The molecule has 0 heterocycles. The van der Waals surface area contributed by atoms with Crippen LogP contribution in [0.25, 0.3) is 10.8 Å². The Labute approximate surface area is 162 Å². The molecule has 3 aromatic carbocycles. The highest BCUT2D eigenvalue weighted by Crippen LogP contribution is 2.36. The molecule has 27 heavy (non-hydrogen) atoms. The number of amides is 1. The Kier molecular flexibility index (Phi) is 5.72. The Hall–Kier alpha value is -2.92. The van der Waals surface area contributed by atoms with Crippen LogP contribution in [0.15, 0.2) is 54.6 Å². The Bertz CT molecular complexity index is 968. The van der Waals surface area contributed by atoms with E-state index in [-0.39, 0.29) is 5.91 Å². The Balaban J connectivity index is 1.80. The number of ether oxygens (including phenoxy) is 3. The van der Waals surface area contributed by atoms with Gasteiger partial charge in [-0.25, -0.2) is 0 Å². The first-order valence-corrected chi connectivity index (χ1v) is 8.78. The molecule has 6 heteroatoms. The van der Waals surface area contributed by atoms with E-state index in [4.69, 9.17) is 25.8 Å². The van der Waals surface area contributed by atoms with E-state index in [2.05, 4.69) is 5.32 Å². The van der Waals surface area contributed by atoms with E-state index >= 15 is 0 Å². The van der Waals surface area contributed by atoms with Crippen molar-refractivity contribution in [3.63, 3.8) is 0 Å². The van der Waals surface area contributed by atoms with Crippen LogP contribution in [0.5, 0.6) is 17.2 Å². The fourth-order valence-corrected chi connectivity index (χ4v) is 2.97. The zero-order valence-electron chi connectivity index (χ0n) is 15.3. The number of benzene rings is 3. The third-order valence-corrected chi connectivity index (χ3v) is 4.45. The van der Waals surface area contributed by atoms with Gasteiger partial charge in [0.25, 0.3) is 5.91 Å². The topological polar surface area (TPSA) is 56.8 Å². The SMILES string of the molecule is COc1cc(NC(=O)[C@H](C)Oc2cccc3ccccc23)c(OC)cc1Cl. The maximum Gasteiger partial charge on any atom is 0.265 e. The molecular weight excluding hydrogens is 366 g/mol. The molecule has 0 radical (unpaired) electrons. The first-order chi connectivity index (χ1) is 13.0. The van der Waals surface area contributed by atoms with Crippen LogP contribution in [0.2, 0.25) is 5.02 Å². The Morgan fingerprint density at radius 3 is 2.41 bits per heavy atom. The third-order valence-electron chi connectivity index (χ3n) is 4.15. The van der Waals surface area contributed by atoms with Crippen LogP contribution in [0, 0.1) is 0 Å². The number of carbonyl (C=O) groups is 1. The van der Waals surface area contributed by atoms with E-state index < -0.39 is 6.10 Å². The van der Waals surface area contributed by atoms with Crippen molar-refractivity contribution in [2.24, 2.45) is 0 Å². The molecular formula is C21H20ClNO4. The van der Waals surface area contributed by atoms with Crippen LogP contribution in [-0.2, 0) is 4.79 Å². The number of methoxy groups -OCH3 is 2. The third kappa shape index (κ3) is 4.09. The predicted octanol–water partition coefficient (Wildman–Crippen LogP) is 4.92. The molecule has 0 spiro atoms. The van der Waals surface area contributed by atoms with Gasteiger partial charge in [0.1, 0.15) is 17.2 Å². The van der Waals surface area contributed by atoms with Gasteiger partial charge in [-0.15, -0.1) is 0 Å². The van der Waals surface area contributed by atoms with Gasteiger partial charge >= 0.3 is 0 Å². The number of hydrogen-bond donors (Lipinski definition) is 1. The van der Waals surface area contributed by atoms with Gasteiger partial charge in [0.05, 0.1) is 24.9 Å². The summed E-state index contributed by atoms with van der Waals surface area (Å²) in [5.74, 6) is 1.21. The maximum atomic E-state index is 12.6. The summed E-state index contributed by atoms with van der Waals surface area (Å²) in [6, 6.07) is 16.8. The van der Waals surface area contributed by atoms with Gasteiger partial charge in [0, 0.05) is 17.5 Å². The molecule has 1 atom stereocenters. The minimum Gasteiger partial charge on any atom is -0.495 e. The fourth-order valence-electron chi connectivity index (χ4n) is 2.73. The number of anilines is 1. The Morgan fingerprint density at radius 2 is 1.67 bits per heavy atom. The monoisotopic (exact) mass is 385 g/mol.